The third kappa shape index (κ3) is 3.32. The van der Waals surface area contributed by atoms with E-state index >= 15 is 0 Å². The first-order valence-electron chi connectivity index (χ1n) is 8.05. The quantitative estimate of drug-likeness (QED) is 0.650. The van der Waals surface area contributed by atoms with Gasteiger partial charge >= 0.3 is 0 Å². The Kier molecular flexibility index (Phi) is 4.82. The molecule has 0 fully saturated rings. The summed E-state index contributed by atoms with van der Waals surface area (Å²) in [5.74, 6) is 0.974. The lowest BCUT2D eigenvalue weighted by atomic mass is 10.1. The van der Waals surface area contributed by atoms with Crippen molar-refractivity contribution >= 4 is 23.1 Å². The number of nitrogens with zero attached hydrogens (tertiary/aromatic N) is 3. The molecule has 0 saturated heterocycles. The maximum Gasteiger partial charge on any atom is 0.165 e. The van der Waals surface area contributed by atoms with Gasteiger partial charge in [0.1, 0.15) is 5.82 Å². The molecule has 0 bridgehead atoms. The number of hydrogen-bond acceptors (Lipinski definition) is 3. The highest BCUT2D eigenvalue weighted by molar-refractivity contribution is 6.33. The van der Waals surface area contributed by atoms with Gasteiger partial charge in [-0.25, -0.2) is 4.98 Å². The van der Waals surface area contributed by atoms with Crippen LogP contribution in [0.1, 0.15) is 31.9 Å². The zero-order chi connectivity index (χ0) is 16.2. The average molecular weight is 329 g/mol. The predicted octanol–water partition coefficient (Wildman–Crippen LogP) is 4.96. The Morgan fingerprint density at radius 2 is 2.00 bits per heavy atom. The van der Waals surface area contributed by atoms with Crippen LogP contribution in [0.3, 0.4) is 0 Å². The predicted molar refractivity (Wildman–Crippen MR) is 96.2 cm³/mol. The lowest BCUT2D eigenvalue weighted by molar-refractivity contribution is 0.739. The van der Waals surface area contributed by atoms with E-state index in [4.69, 9.17) is 11.6 Å². The molecule has 2 heterocycles. The summed E-state index contributed by atoms with van der Waals surface area (Å²) in [4.78, 5) is 4.66. The van der Waals surface area contributed by atoms with Crippen molar-refractivity contribution in [2.75, 3.05) is 11.9 Å². The number of aromatic nitrogens is 3. The largest absolute Gasteiger partial charge is 0.370 e. The molecule has 23 heavy (non-hydrogen) atoms. The molecule has 4 nitrogen and oxygen atoms in total. The first-order valence-corrected chi connectivity index (χ1v) is 8.42. The van der Waals surface area contributed by atoms with E-state index < -0.39 is 0 Å². The van der Waals surface area contributed by atoms with Crippen LogP contribution in [-0.2, 0) is 0 Å². The summed E-state index contributed by atoms with van der Waals surface area (Å²) in [6, 6.07) is 9.82. The Morgan fingerprint density at radius 1 is 1.17 bits per heavy atom. The van der Waals surface area contributed by atoms with E-state index in [2.05, 4.69) is 22.3 Å². The molecule has 0 spiro atoms. The highest BCUT2D eigenvalue weighted by Crippen LogP contribution is 2.31. The van der Waals surface area contributed by atoms with Gasteiger partial charge in [-0.1, -0.05) is 49.6 Å². The van der Waals surface area contributed by atoms with E-state index in [9.17, 15) is 0 Å². The molecule has 5 heteroatoms. The van der Waals surface area contributed by atoms with Gasteiger partial charge in [-0.2, -0.15) is 9.61 Å². The maximum absolute atomic E-state index is 6.33. The molecular formula is C18H21ClN4. The number of aryl methyl sites for hydroxylation is 1. The number of benzene rings is 1. The van der Waals surface area contributed by atoms with Crippen molar-refractivity contribution in [2.45, 2.75) is 33.1 Å². The number of anilines is 1. The number of hydrogen-bond donors (Lipinski definition) is 1. The summed E-state index contributed by atoms with van der Waals surface area (Å²) in [5.41, 5.74) is 3.70. The molecule has 0 aliphatic rings. The summed E-state index contributed by atoms with van der Waals surface area (Å²) in [6.07, 6.45) is 5.42. The van der Waals surface area contributed by atoms with Crippen LogP contribution in [0.4, 0.5) is 5.82 Å². The second-order valence-electron chi connectivity index (χ2n) is 5.69. The van der Waals surface area contributed by atoms with Crippen LogP contribution in [0.2, 0.25) is 5.02 Å². The number of unbranched alkanes of at least 4 members (excludes halogenated alkanes) is 2. The van der Waals surface area contributed by atoms with Crippen LogP contribution in [0.15, 0.2) is 36.5 Å². The molecule has 120 valence electrons. The number of fused-ring (bicyclic) bond motifs is 1. The van der Waals surface area contributed by atoms with E-state index in [1.54, 1.807) is 0 Å². The lowest BCUT2D eigenvalue weighted by Gasteiger charge is -2.09. The third-order valence-electron chi connectivity index (χ3n) is 3.85. The highest BCUT2D eigenvalue weighted by Gasteiger charge is 2.13. The van der Waals surface area contributed by atoms with Gasteiger partial charge < -0.3 is 5.32 Å². The van der Waals surface area contributed by atoms with Crippen LogP contribution in [0.25, 0.3) is 16.8 Å². The molecule has 0 aliphatic carbocycles. The van der Waals surface area contributed by atoms with E-state index in [1.165, 1.54) is 12.8 Å². The van der Waals surface area contributed by atoms with Crippen LogP contribution >= 0.6 is 11.6 Å². The van der Waals surface area contributed by atoms with E-state index in [0.717, 1.165) is 41.3 Å². The van der Waals surface area contributed by atoms with Crippen molar-refractivity contribution in [1.29, 1.82) is 0 Å². The van der Waals surface area contributed by atoms with Crippen molar-refractivity contribution in [2.24, 2.45) is 0 Å². The summed E-state index contributed by atoms with van der Waals surface area (Å²) in [6.45, 7) is 5.15. The average Bonchev–Trinajstić information content (AvgIpc) is 2.95. The fraction of sp³-hybridized carbons (Fsp3) is 0.333. The first-order chi connectivity index (χ1) is 11.2. The molecule has 0 aliphatic heterocycles. The summed E-state index contributed by atoms with van der Waals surface area (Å²) in [5, 5.41) is 8.69. The van der Waals surface area contributed by atoms with Gasteiger partial charge in [0, 0.05) is 34.5 Å². The fourth-order valence-corrected chi connectivity index (χ4v) is 2.91. The lowest BCUT2D eigenvalue weighted by Crippen LogP contribution is -2.08. The van der Waals surface area contributed by atoms with Crippen molar-refractivity contribution in [3.8, 4) is 11.1 Å². The molecule has 3 aromatic rings. The Labute approximate surface area is 141 Å². The standard InChI is InChI=1S/C18H21ClN4/c1-3-4-7-10-20-17-11-13(2)22-18-15(12-21-23(17)18)14-8-5-6-9-16(14)19/h5-6,8-9,11-12,20H,3-4,7,10H2,1-2H3. The van der Waals surface area contributed by atoms with Crippen LogP contribution in [-0.4, -0.2) is 21.1 Å². The van der Waals surface area contributed by atoms with Gasteiger partial charge in [0.25, 0.3) is 0 Å². The normalized spacial score (nSPS) is 11.1. The Bertz CT molecular complexity index is 810. The fourth-order valence-electron chi connectivity index (χ4n) is 2.67. The molecule has 0 amide bonds. The number of rotatable bonds is 6. The highest BCUT2D eigenvalue weighted by atomic mass is 35.5. The molecule has 3 rings (SSSR count). The second kappa shape index (κ2) is 7.01. The minimum Gasteiger partial charge on any atom is -0.370 e. The van der Waals surface area contributed by atoms with Crippen molar-refractivity contribution < 1.29 is 0 Å². The van der Waals surface area contributed by atoms with E-state index in [0.29, 0.717) is 5.02 Å². The molecule has 0 unspecified atom stereocenters. The Balaban J connectivity index is 2.00. The van der Waals surface area contributed by atoms with E-state index in [1.807, 2.05) is 48.0 Å². The number of nitrogens with one attached hydrogen (secondary N) is 1. The molecule has 2 aromatic heterocycles. The summed E-state index contributed by atoms with van der Waals surface area (Å²) < 4.78 is 1.86. The van der Waals surface area contributed by atoms with Gasteiger partial charge in [0.15, 0.2) is 5.65 Å². The zero-order valence-corrected chi connectivity index (χ0v) is 14.3. The van der Waals surface area contributed by atoms with Crippen LogP contribution in [0.5, 0.6) is 0 Å². The van der Waals surface area contributed by atoms with Gasteiger partial charge in [-0.05, 0) is 19.4 Å². The molecule has 0 radical (unpaired) electrons. The summed E-state index contributed by atoms with van der Waals surface area (Å²) in [7, 11) is 0. The molecule has 0 saturated carbocycles. The monoisotopic (exact) mass is 328 g/mol. The van der Waals surface area contributed by atoms with Gasteiger partial charge in [-0.3, -0.25) is 0 Å². The maximum atomic E-state index is 6.33. The van der Waals surface area contributed by atoms with Crippen molar-refractivity contribution in [3.63, 3.8) is 0 Å². The number of halogens is 1. The minimum absolute atomic E-state index is 0.711. The van der Waals surface area contributed by atoms with Crippen molar-refractivity contribution in [3.05, 3.63) is 47.2 Å². The smallest absolute Gasteiger partial charge is 0.165 e. The second-order valence-corrected chi connectivity index (χ2v) is 6.10. The molecular weight excluding hydrogens is 308 g/mol. The van der Waals surface area contributed by atoms with Gasteiger partial charge in [-0.15, -0.1) is 0 Å². The van der Waals surface area contributed by atoms with Crippen LogP contribution in [0, 0.1) is 6.92 Å². The topological polar surface area (TPSA) is 42.2 Å². The minimum atomic E-state index is 0.711. The van der Waals surface area contributed by atoms with Gasteiger partial charge in [0.2, 0.25) is 0 Å². The van der Waals surface area contributed by atoms with E-state index in [-0.39, 0.29) is 0 Å². The molecule has 1 N–H and O–H groups in total. The molecule has 1 aromatic carbocycles. The zero-order valence-electron chi connectivity index (χ0n) is 13.5. The van der Waals surface area contributed by atoms with Gasteiger partial charge in [0.05, 0.1) is 6.20 Å². The Hall–Kier alpha value is -2.07. The SMILES string of the molecule is CCCCCNc1cc(C)nc2c(-c3ccccc3Cl)cnn12. The molecule has 0 atom stereocenters. The van der Waals surface area contributed by atoms with Crippen LogP contribution < -0.4 is 5.32 Å². The van der Waals surface area contributed by atoms with Crippen molar-refractivity contribution in [1.82, 2.24) is 14.6 Å². The third-order valence-corrected chi connectivity index (χ3v) is 4.18. The first kappa shape index (κ1) is 15.8. The summed E-state index contributed by atoms with van der Waals surface area (Å²) >= 11 is 6.33. The Morgan fingerprint density at radius 3 is 2.78 bits per heavy atom.